The SMILES string of the molecule is Cc1cc(C(O)Cc2nccn2C)co1. The maximum absolute atomic E-state index is 9.92. The van der Waals surface area contributed by atoms with Crippen LogP contribution in [0.25, 0.3) is 0 Å². The minimum absolute atomic E-state index is 0.502. The standard InChI is InChI=1S/C11H14N2O2/c1-8-5-9(7-15-8)10(14)6-11-12-3-4-13(11)2/h3-5,7,10,14H,6H2,1-2H3. The van der Waals surface area contributed by atoms with Gasteiger partial charge in [-0.05, 0) is 13.0 Å². The van der Waals surface area contributed by atoms with Gasteiger partial charge in [0.25, 0.3) is 0 Å². The summed E-state index contributed by atoms with van der Waals surface area (Å²) in [5, 5.41) is 9.92. The first-order chi connectivity index (χ1) is 7.16. The molecule has 2 aromatic rings. The van der Waals surface area contributed by atoms with Gasteiger partial charge >= 0.3 is 0 Å². The van der Waals surface area contributed by atoms with Crippen molar-refractivity contribution < 1.29 is 9.52 Å². The summed E-state index contributed by atoms with van der Waals surface area (Å²) in [7, 11) is 1.91. The Morgan fingerprint density at radius 1 is 1.60 bits per heavy atom. The third-order valence-electron chi connectivity index (χ3n) is 2.43. The van der Waals surface area contributed by atoms with Gasteiger partial charge in [-0.2, -0.15) is 0 Å². The van der Waals surface area contributed by atoms with Crippen molar-refractivity contribution in [2.24, 2.45) is 7.05 Å². The van der Waals surface area contributed by atoms with Crippen molar-refractivity contribution in [1.82, 2.24) is 9.55 Å². The lowest BCUT2D eigenvalue weighted by atomic mass is 10.1. The van der Waals surface area contributed by atoms with Gasteiger partial charge in [-0.15, -0.1) is 0 Å². The van der Waals surface area contributed by atoms with E-state index in [1.807, 2.05) is 30.8 Å². The molecule has 1 unspecified atom stereocenters. The predicted molar refractivity (Wildman–Crippen MR) is 55.3 cm³/mol. The van der Waals surface area contributed by atoms with E-state index in [1.165, 1.54) is 0 Å². The molecule has 0 saturated carbocycles. The van der Waals surface area contributed by atoms with Crippen LogP contribution in [-0.4, -0.2) is 14.7 Å². The van der Waals surface area contributed by atoms with Gasteiger partial charge in [0, 0.05) is 31.4 Å². The van der Waals surface area contributed by atoms with Crippen molar-refractivity contribution in [2.75, 3.05) is 0 Å². The Morgan fingerprint density at radius 2 is 2.40 bits per heavy atom. The van der Waals surface area contributed by atoms with Gasteiger partial charge in [0.05, 0.1) is 12.4 Å². The fraction of sp³-hybridized carbons (Fsp3) is 0.364. The Bertz CT molecular complexity index is 445. The molecular formula is C11H14N2O2. The summed E-state index contributed by atoms with van der Waals surface area (Å²) in [6, 6.07) is 1.84. The Morgan fingerprint density at radius 3 is 2.93 bits per heavy atom. The van der Waals surface area contributed by atoms with Gasteiger partial charge in [0.1, 0.15) is 11.6 Å². The number of aromatic nitrogens is 2. The molecule has 4 nitrogen and oxygen atoms in total. The second kappa shape index (κ2) is 3.90. The summed E-state index contributed by atoms with van der Waals surface area (Å²) >= 11 is 0. The highest BCUT2D eigenvalue weighted by atomic mass is 16.3. The first-order valence-electron chi connectivity index (χ1n) is 4.86. The zero-order valence-electron chi connectivity index (χ0n) is 8.84. The van der Waals surface area contributed by atoms with E-state index in [9.17, 15) is 5.11 Å². The fourth-order valence-electron chi connectivity index (χ4n) is 1.52. The second-order valence-corrected chi connectivity index (χ2v) is 3.66. The lowest BCUT2D eigenvalue weighted by molar-refractivity contribution is 0.174. The number of aryl methyl sites for hydroxylation is 2. The molecule has 0 spiro atoms. The first kappa shape index (κ1) is 9.98. The van der Waals surface area contributed by atoms with Crippen LogP contribution in [0.15, 0.2) is 29.1 Å². The molecule has 4 heteroatoms. The van der Waals surface area contributed by atoms with Crippen LogP contribution in [0.2, 0.25) is 0 Å². The van der Waals surface area contributed by atoms with Gasteiger partial charge < -0.3 is 14.1 Å². The van der Waals surface area contributed by atoms with Crippen molar-refractivity contribution in [3.05, 3.63) is 41.9 Å². The molecule has 0 aliphatic carbocycles. The molecule has 0 aliphatic rings. The highest BCUT2D eigenvalue weighted by Gasteiger charge is 2.13. The summed E-state index contributed by atoms with van der Waals surface area (Å²) in [6.07, 6.45) is 5.13. The number of hydrogen-bond acceptors (Lipinski definition) is 3. The lowest BCUT2D eigenvalue weighted by Gasteiger charge is -2.07. The third-order valence-corrected chi connectivity index (χ3v) is 2.43. The Labute approximate surface area is 88.2 Å². The number of aliphatic hydroxyl groups is 1. The molecule has 1 N–H and O–H groups in total. The summed E-state index contributed by atoms with van der Waals surface area (Å²) < 4.78 is 7.05. The van der Waals surface area contributed by atoms with Crippen LogP contribution < -0.4 is 0 Å². The topological polar surface area (TPSA) is 51.2 Å². The molecule has 0 aliphatic heterocycles. The normalized spacial score (nSPS) is 13.0. The summed E-state index contributed by atoms with van der Waals surface area (Å²) in [5.41, 5.74) is 0.801. The second-order valence-electron chi connectivity index (χ2n) is 3.66. The molecular weight excluding hydrogens is 192 g/mol. The first-order valence-corrected chi connectivity index (χ1v) is 4.86. The van der Waals surface area contributed by atoms with Gasteiger partial charge in [-0.25, -0.2) is 4.98 Å². The average Bonchev–Trinajstić information content (AvgIpc) is 2.77. The van der Waals surface area contributed by atoms with Crippen molar-refractivity contribution in [3.63, 3.8) is 0 Å². The molecule has 0 saturated heterocycles. The molecule has 0 radical (unpaired) electrons. The van der Waals surface area contributed by atoms with Crippen LogP contribution in [0.5, 0.6) is 0 Å². The molecule has 80 valence electrons. The van der Waals surface area contributed by atoms with Gasteiger partial charge in [0.15, 0.2) is 0 Å². The Balaban J connectivity index is 2.10. The largest absolute Gasteiger partial charge is 0.469 e. The van der Waals surface area contributed by atoms with E-state index < -0.39 is 6.10 Å². The number of nitrogens with zero attached hydrogens (tertiary/aromatic N) is 2. The molecule has 1 atom stereocenters. The smallest absolute Gasteiger partial charge is 0.111 e. The summed E-state index contributed by atoms with van der Waals surface area (Å²) in [4.78, 5) is 4.16. The van der Waals surface area contributed by atoms with Crippen LogP contribution in [0.3, 0.4) is 0 Å². The number of hydrogen-bond donors (Lipinski definition) is 1. The van der Waals surface area contributed by atoms with Crippen molar-refractivity contribution >= 4 is 0 Å². The van der Waals surface area contributed by atoms with Crippen LogP contribution in [0.4, 0.5) is 0 Å². The summed E-state index contributed by atoms with van der Waals surface area (Å²) in [5.74, 6) is 1.67. The van der Waals surface area contributed by atoms with Crippen molar-refractivity contribution in [2.45, 2.75) is 19.4 Å². The van der Waals surface area contributed by atoms with Crippen molar-refractivity contribution in [1.29, 1.82) is 0 Å². The van der Waals surface area contributed by atoms with E-state index in [1.54, 1.807) is 12.5 Å². The van der Waals surface area contributed by atoms with E-state index in [0.717, 1.165) is 17.1 Å². The minimum Gasteiger partial charge on any atom is -0.469 e. The number of aliphatic hydroxyl groups excluding tert-OH is 1. The van der Waals surface area contributed by atoms with Gasteiger partial charge in [-0.1, -0.05) is 0 Å². The van der Waals surface area contributed by atoms with E-state index in [0.29, 0.717) is 6.42 Å². The van der Waals surface area contributed by atoms with Gasteiger partial charge in [0.2, 0.25) is 0 Å². The number of imidazole rings is 1. The molecule has 0 amide bonds. The highest BCUT2D eigenvalue weighted by molar-refractivity contribution is 5.16. The third kappa shape index (κ3) is 2.10. The van der Waals surface area contributed by atoms with E-state index >= 15 is 0 Å². The maximum Gasteiger partial charge on any atom is 0.111 e. The zero-order valence-corrected chi connectivity index (χ0v) is 8.84. The maximum atomic E-state index is 9.92. The molecule has 2 heterocycles. The van der Waals surface area contributed by atoms with E-state index in [-0.39, 0.29) is 0 Å². The van der Waals surface area contributed by atoms with Crippen LogP contribution >= 0.6 is 0 Å². The molecule has 0 fully saturated rings. The van der Waals surface area contributed by atoms with Gasteiger partial charge in [-0.3, -0.25) is 0 Å². The summed E-state index contributed by atoms with van der Waals surface area (Å²) in [6.45, 7) is 1.86. The van der Waals surface area contributed by atoms with Crippen LogP contribution in [0, 0.1) is 6.92 Å². The lowest BCUT2D eigenvalue weighted by Crippen LogP contribution is -2.05. The Kier molecular flexibility index (Phi) is 2.60. The quantitative estimate of drug-likeness (QED) is 0.829. The fourth-order valence-corrected chi connectivity index (χ4v) is 1.52. The Hall–Kier alpha value is -1.55. The van der Waals surface area contributed by atoms with Crippen LogP contribution in [0.1, 0.15) is 23.3 Å². The minimum atomic E-state index is -0.552. The molecule has 2 aromatic heterocycles. The molecule has 15 heavy (non-hydrogen) atoms. The molecule has 0 bridgehead atoms. The number of furan rings is 1. The average molecular weight is 206 g/mol. The predicted octanol–water partition coefficient (Wildman–Crippen LogP) is 1.60. The molecule has 0 aromatic carbocycles. The van der Waals surface area contributed by atoms with E-state index in [2.05, 4.69) is 4.98 Å². The van der Waals surface area contributed by atoms with E-state index in [4.69, 9.17) is 4.42 Å². The highest BCUT2D eigenvalue weighted by Crippen LogP contribution is 2.19. The monoisotopic (exact) mass is 206 g/mol. The van der Waals surface area contributed by atoms with Crippen molar-refractivity contribution in [3.8, 4) is 0 Å². The number of rotatable bonds is 3. The van der Waals surface area contributed by atoms with Crippen LogP contribution in [-0.2, 0) is 13.5 Å². The molecule has 2 rings (SSSR count). The zero-order chi connectivity index (χ0) is 10.8.